The molecule has 1 aliphatic carbocycles. The first-order valence-corrected chi connectivity index (χ1v) is 21.7. The minimum Gasteiger partial charge on any atom is -0.506 e. The normalized spacial score (nSPS) is 15.2. The van der Waals surface area contributed by atoms with E-state index >= 15 is 0 Å². The number of aromatic hydroxyl groups is 1. The number of aromatic nitrogens is 1. The fourth-order valence-corrected chi connectivity index (χ4v) is 8.76. The van der Waals surface area contributed by atoms with Crippen molar-refractivity contribution >= 4 is 34.3 Å². The van der Waals surface area contributed by atoms with E-state index in [1.807, 2.05) is 78.9 Å². The number of aliphatic hydroxyl groups is 1. The van der Waals surface area contributed by atoms with Gasteiger partial charge in [0.05, 0.1) is 17.3 Å². The van der Waals surface area contributed by atoms with E-state index in [0.29, 0.717) is 59.7 Å². The van der Waals surface area contributed by atoms with Crippen LogP contribution in [0.25, 0.3) is 22.0 Å². The number of H-pyrrole nitrogens is 1. The molecule has 0 radical (unpaired) electrons. The average Bonchev–Trinajstić information content (AvgIpc) is 3.28. The third-order valence-electron chi connectivity index (χ3n) is 12.1. The average molecular weight is 876 g/mol. The van der Waals surface area contributed by atoms with Crippen LogP contribution in [0.1, 0.15) is 73.3 Å². The number of carbonyl (C=O) groups excluding carboxylic acids is 1. The third-order valence-corrected chi connectivity index (χ3v) is 12.1. The van der Waals surface area contributed by atoms with Crippen molar-refractivity contribution in [3.8, 4) is 16.9 Å². The van der Waals surface area contributed by atoms with E-state index in [4.69, 9.17) is 0 Å². The number of amides is 2. The van der Waals surface area contributed by atoms with Gasteiger partial charge in [-0.2, -0.15) is 0 Å². The number of pyridine rings is 1. The number of nitrogens with one attached hydrogen (secondary N) is 3. The number of aliphatic hydroxyl groups excluding tert-OH is 1. The number of phenols is 1. The third kappa shape index (κ3) is 12.6. The number of hydrogen-bond acceptors (Lipinski definition) is 7. The van der Waals surface area contributed by atoms with Crippen molar-refractivity contribution in [3.63, 3.8) is 0 Å². The maximum atomic E-state index is 13.1. The van der Waals surface area contributed by atoms with Gasteiger partial charge in [-0.05, 0) is 123 Å². The summed E-state index contributed by atoms with van der Waals surface area (Å²) < 4.78 is 0. The van der Waals surface area contributed by atoms with E-state index in [1.165, 1.54) is 17.7 Å². The van der Waals surface area contributed by atoms with Gasteiger partial charge in [-0.3, -0.25) is 23.9 Å². The Hall–Kier alpha value is -6.41. The van der Waals surface area contributed by atoms with Gasteiger partial charge in [-0.15, -0.1) is 0 Å². The number of benzene rings is 5. The van der Waals surface area contributed by atoms with E-state index in [-0.39, 0.29) is 39.2 Å². The van der Waals surface area contributed by atoms with Crippen molar-refractivity contribution in [1.29, 1.82) is 0 Å². The highest BCUT2D eigenvalue weighted by atomic mass is 19.0. The Labute approximate surface area is 372 Å². The number of rotatable bonds is 18. The van der Waals surface area contributed by atoms with Crippen LogP contribution in [0.2, 0.25) is 0 Å². The molecule has 0 unspecified atom stereocenters. The van der Waals surface area contributed by atoms with Gasteiger partial charge < -0.3 is 35.8 Å². The molecule has 0 spiro atoms. The predicted molar refractivity (Wildman–Crippen MR) is 252 cm³/mol. The van der Waals surface area contributed by atoms with E-state index in [9.17, 15) is 29.7 Å². The Balaban J connectivity index is 0.00000385. The Bertz CT molecular complexity index is 2480. The first kappa shape index (κ1) is 48.6. The van der Waals surface area contributed by atoms with Crippen LogP contribution in [0.15, 0.2) is 132 Å². The summed E-state index contributed by atoms with van der Waals surface area (Å²) in [6.07, 6.45) is 5.33. The van der Waals surface area contributed by atoms with Gasteiger partial charge in [0.2, 0.25) is 11.5 Å². The van der Waals surface area contributed by atoms with Crippen molar-refractivity contribution in [2.45, 2.75) is 82.5 Å². The maximum Gasteiger partial charge on any atom is 0.412 e. The van der Waals surface area contributed by atoms with Crippen molar-refractivity contribution in [2.75, 3.05) is 30.4 Å². The van der Waals surface area contributed by atoms with Crippen LogP contribution in [0, 0.1) is 0 Å². The van der Waals surface area contributed by atoms with Crippen molar-refractivity contribution in [1.82, 2.24) is 15.2 Å². The standard InChI is InChI=1S/C51H57N5O6.2FH/c1-55(31-9-13-35-10-4-2-5-11-35)40-22-24-41(25-23-40)56(51(61)62)45-32-36(19-26-42(45)38-14-6-3-7-15-38)12-8-16-48(59)53-39-20-17-37(18-21-39)33-52-34-47(58)43-27-29-46(57)50-44(43)28-30-49(60)54-50;;/h2-7,10-11,14-15,17-21,26-30,32,40-41,47,52,57-58H,8-9,12-13,16,22-25,31,33-34H2,1H3,(H,53,59)(H,54,60)(H,61,62);2*1H/t40?,41?,47-;;/m0../s1. The molecular weight excluding hydrogens is 817 g/mol. The summed E-state index contributed by atoms with van der Waals surface area (Å²) in [6, 6.07) is 40.5. The molecule has 64 heavy (non-hydrogen) atoms. The zero-order chi connectivity index (χ0) is 43.4. The van der Waals surface area contributed by atoms with Gasteiger partial charge in [0.1, 0.15) is 5.75 Å². The number of carbonyl (C=O) groups is 2. The summed E-state index contributed by atoms with van der Waals surface area (Å²) in [5.41, 5.74) is 7.09. The van der Waals surface area contributed by atoms with Crippen LogP contribution in [0.4, 0.5) is 25.6 Å². The molecule has 2 amide bonds. The molecule has 11 nitrogen and oxygen atoms in total. The first-order chi connectivity index (χ1) is 30.1. The number of phenolic OH excluding ortho intramolecular Hbond substituents is 1. The Morgan fingerprint density at radius 2 is 1.42 bits per heavy atom. The van der Waals surface area contributed by atoms with Crippen LogP contribution in [0.5, 0.6) is 5.75 Å². The highest BCUT2D eigenvalue weighted by molar-refractivity contribution is 5.94. The van der Waals surface area contributed by atoms with Crippen LogP contribution < -0.4 is 21.1 Å². The van der Waals surface area contributed by atoms with Crippen molar-refractivity contribution in [2.24, 2.45) is 0 Å². The number of carboxylic acid groups (broad SMARTS) is 1. The molecule has 0 bridgehead atoms. The zero-order valence-electron chi connectivity index (χ0n) is 36.1. The minimum absolute atomic E-state index is 0. The molecule has 1 aliphatic rings. The number of hydrogen-bond donors (Lipinski definition) is 6. The van der Waals surface area contributed by atoms with Crippen molar-refractivity contribution < 1.29 is 34.3 Å². The second-order valence-electron chi connectivity index (χ2n) is 16.4. The van der Waals surface area contributed by atoms with E-state index in [1.54, 1.807) is 17.0 Å². The largest absolute Gasteiger partial charge is 0.506 e. The Morgan fingerprint density at radius 1 is 0.766 bits per heavy atom. The molecule has 0 saturated heterocycles. The van der Waals surface area contributed by atoms with Gasteiger partial charge in [-0.25, -0.2) is 4.79 Å². The SMILES string of the molecule is CN(CCCc1ccccc1)C1CCC(N(C(=O)O)c2cc(CCCC(=O)Nc3ccc(CNC[C@H](O)c4ccc(O)c5[nH]c(=O)ccc45)cc3)ccc2-c2ccccc2)CC1.F.F. The fourth-order valence-electron chi connectivity index (χ4n) is 8.76. The molecule has 1 atom stereocenters. The molecule has 0 aliphatic heterocycles. The molecule has 5 aromatic carbocycles. The van der Waals surface area contributed by atoms with E-state index in [0.717, 1.165) is 67.3 Å². The number of fused-ring (bicyclic) bond motifs is 1. The number of anilines is 2. The second-order valence-corrected chi connectivity index (χ2v) is 16.4. The van der Waals surface area contributed by atoms with Gasteiger partial charge in [0.25, 0.3) is 0 Å². The molecule has 7 rings (SSSR count). The smallest absolute Gasteiger partial charge is 0.412 e. The van der Waals surface area contributed by atoms with Crippen molar-refractivity contribution in [3.05, 3.63) is 160 Å². The molecule has 6 aromatic rings. The lowest BCUT2D eigenvalue weighted by atomic mass is 9.88. The highest BCUT2D eigenvalue weighted by Gasteiger charge is 2.32. The highest BCUT2D eigenvalue weighted by Crippen LogP contribution is 2.37. The van der Waals surface area contributed by atoms with E-state index < -0.39 is 12.2 Å². The summed E-state index contributed by atoms with van der Waals surface area (Å²) in [7, 11) is 2.20. The summed E-state index contributed by atoms with van der Waals surface area (Å²) >= 11 is 0. The monoisotopic (exact) mass is 875 g/mol. The second kappa shape index (κ2) is 23.3. The summed E-state index contributed by atoms with van der Waals surface area (Å²) in [5, 5.41) is 38.6. The van der Waals surface area contributed by atoms with Gasteiger partial charge in [0.15, 0.2) is 0 Å². The molecule has 1 saturated carbocycles. The summed E-state index contributed by atoms with van der Waals surface area (Å²) in [5.74, 6) is -0.157. The molecular formula is C51H59F2N5O6. The first-order valence-electron chi connectivity index (χ1n) is 21.7. The number of nitrogens with zero attached hydrogens (tertiary/aromatic N) is 2. The number of aromatic amines is 1. The van der Waals surface area contributed by atoms with Gasteiger partial charge >= 0.3 is 6.09 Å². The lowest BCUT2D eigenvalue weighted by molar-refractivity contribution is -0.116. The molecule has 6 N–H and O–H groups in total. The maximum absolute atomic E-state index is 13.1. The topological polar surface area (TPSA) is 158 Å². The number of aryl methyl sites for hydroxylation is 2. The summed E-state index contributed by atoms with van der Waals surface area (Å²) in [4.78, 5) is 44.6. The molecule has 1 heterocycles. The van der Waals surface area contributed by atoms with E-state index in [2.05, 4.69) is 51.8 Å². The molecule has 13 heteroatoms. The Morgan fingerprint density at radius 3 is 2.12 bits per heavy atom. The molecule has 338 valence electrons. The van der Waals surface area contributed by atoms with Gasteiger partial charge in [-0.1, -0.05) is 91.0 Å². The van der Waals surface area contributed by atoms with Crippen LogP contribution in [-0.4, -0.2) is 69.4 Å². The van der Waals surface area contributed by atoms with Crippen LogP contribution in [0.3, 0.4) is 0 Å². The predicted octanol–water partition coefficient (Wildman–Crippen LogP) is 9.35. The van der Waals surface area contributed by atoms with Gasteiger partial charge in [0, 0.05) is 54.3 Å². The zero-order valence-corrected chi connectivity index (χ0v) is 36.1. The lowest BCUT2D eigenvalue weighted by Gasteiger charge is -2.39. The lowest BCUT2D eigenvalue weighted by Crippen LogP contribution is -2.45. The molecule has 1 fully saturated rings. The molecule has 1 aromatic heterocycles. The fraction of sp³-hybridized carbons (Fsp3) is 0.314. The Kier molecular flexibility index (Phi) is 17.7. The summed E-state index contributed by atoms with van der Waals surface area (Å²) in [6.45, 7) is 1.74. The number of halogens is 2. The van der Waals surface area contributed by atoms with Crippen LogP contribution in [-0.2, 0) is 24.2 Å². The van der Waals surface area contributed by atoms with Crippen LogP contribution >= 0.6 is 0 Å². The quantitative estimate of drug-likeness (QED) is 0.0499. The minimum atomic E-state index is -0.944.